The molecular formula is C19H26N2O7. The Kier molecular flexibility index (Phi) is 10.1. The van der Waals surface area contributed by atoms with Crippen LogP contribution in [0.5, 0.6) is 11.5 Å². The van der Waals surface area contributed by atoms with Crippen molar-refractivity contribution in [1.82, 2.24) is 10.4 Å². The molecule has 1 amide bonds. The van der Waals surface area contributed by atoms with Gasteiger partial charge in [0.2, 0.25) is 0 Å². The van der Waals surface area contributed by atoms with Crippen molar-refractivity contribution >= 4 is 17.8 Å². The number of carboxylic acid groups (broad SMARTS) is 1. The van der Waals surface area contributed by atoms with Gasteiger partial charge in [-0.3, -0.25) is 9.69 Å². The average molecular weight is 394 g/mol. The number of amides is 1. The first-order valence-corrected chi connectivity index (χ1v) is 8.75. The lowest BCUT2D eigenvalue weighted by molar-refractivity contribution is -0.170. The molecule has 154 valence electrons. The van der Waals surface area contributed by atoms with Crippen molar-refractivity contribution in [2.75, 3.05) is 33.9 Å². The van der Waals surface area contributed by atoms with Gasteiger partial charge in [0.1, 0.15) is 0 Å². The summed E-state index contributed by atoms with van der Waals surface area (Å²) in [4.78, 5) is 38.8. The Balaban J connectivity index is 2.59. The summed E-state index contributed by atoms with van der Waals surface area (Å²) in [5, 5.41) is 8.36. The van der Waals surface area contributed by atoms with E-state index in [0.29, 0.717) is 18.0 Å². The van der Waals surface area contributed by atoms with E-state index >= 15 is 0 Å². The second-order valence-corrected chi connectivity index (χ2v) is 5.77. The maximum atomic E-state index is 11.5. The summed E-state index contributed by atoms with van der Waals surface area (Å²) < 4.78 is 10.8. The number of carbonyl (C=O) groups excluding carboxylic acids is 2. The lowest BCUT2D eigenvalue weighted by atomic mass is 10.1. The number of nitrogens with zero attached hydrogens (tertiary/aromatic N) is 1. The van der Waals surface area contributed by atoms with Crippen LogP contribution in [0.1, 0.15) is 18.9 Å². The largest absolute Gasteiger partial charge is 0.493 e. The molecule has 0 spiro atoms. The lowest BCUT2D eigenvalue weighted by Crippen LogP contribution is -2.30. The number of hydroxylamine groups is 1. The van der Waals surface area contributed by atoms with E-state index in [1.807, 2.05) is 18.2 Å². The van der Waals surface area contributed by atoms with Gasteiger partial charge >= 0.3 is 11.9 Å². The third-order valence-electron chi connectivity index (χ3n) is 3.77. The summed E-state index contributed by atoms with van der Waals surface area (Å²) >= 11 is 0. The molecule has 0 heterocycles. The minimum absolute atomic E-state index is 0.500. The number of nitrogens with one attached hydrogen (secondary N) is 1. The number of benzene rings is 1. The van der Waals surface area contributed by atoms with Crippen molar-refractivity contribution in [2.24, 2.45) is 0 Å². The van der Waals surface area contributed by atoms with Crippen LogP contribution in [0.15, 0.2) is 30.4 Å². The number of para-hydroxylation sites is 1. The minimum atomic E-state index is -1.79. The molecular weight excluding hydrogens is 368 g/mol. The monoisotopic (exact) mass is 394 g/mol. The number of hydrogen-bond donors (Lipinski definition) is 2. The van der Waals surface area contributed by atoms with Crippen LogP contribution in [-0.2, 0) is 25.6 Å². The third kappa shape index (κ3) is 7.67. The number of carbonyl (C=O) groups is 3. The zero-order valence-corrected chi connectivity index (χ0v) is 16.3. The molecule has 0 aliphatic heterocycles. The molecule has 0 aliphatic rings. The zero-order valence-electron chi connectivity index (χ0n) is 16.3. The van der Waals surface area contributed by atoms with E-state index in [1.165, 1.54) is 6.08 Å². The number of rotatable bonds is 10. The maximum absolute atomic E-state index is 11.5. The Morgan fingerprint density at radius 3 is 2.54 bits per heavy atom. The molecule has 9 nitrogen and oxygen atoms in total. The topological polar surface area (TPSA) is 114 Å². The molecule has 0 saturated carbocycles. The fourth-order valence-corrected chi connectivity index (χ4v) is 2.52. The van der Waals surface area contributed by atoms with Crippen LogP contribution in [-0.4, -0.2) is 61.7 Å². The van der Waals surface area contributed by atoms with Crippen molar-refractivity contribution < 1.29 is 33.8 Å². The Morgan fingerprint density at radius 2 is 1.93 bits per heavy atom. The number of ether oxygens (including phenoxy) is 2. The predicted molar refractivity (Wildman–Crippen MR) is 101 cm³/mol. The van der Waals surface area contributed by atoms with Gasteiger partial charge in [0, 0.05) is 19.2 Å². The van der Waals surface area contributed by atoms with Crippen molar-refractivity contribution in [2.45, 2.75) is 19.8 Å². The van der Waals surface area contributed by atoms with Gasteiger partial charge in [-0.1, -0.05) is 25.1 Å². The highest BCUT2D eigenvalue weighted by Gasteiger charge is 2.14. The third-order valence-corrected chi connectivity index (χ3v) is 3.77. The molecule has 0 saturated heterocycles. The van der Waals surface area contributed by atoms with E-state index in [9.17, 15) is 14.4 Å². The van der Waals surface area contributed by atoms with E-state index in [0.717, 1.165) is 31.5 Å². The summed E-state index contributed by atoms with van der Waals surface area (Å²) in [6, 6.07) is 5.72. The Morgan fingerprint density at radius 1 is 1.18 bits per heavy atom. The first-order chi connectivity index (χ1) is 13.4. The zero-order chi connectivity index (χ0) is 20.9. The quantitative estimate of drug-likeness (QED) is 0.345. The molecule has 0 radical (unpaired) electrons. The molecule has 1 aromatic carbocycles. The van der Waals surface area contributed by atoms with Gasteiger partial charge in [-0.15, -0.1) is 0 Å². The van der Waals surface area contributed by atoms with Crippen molar-refractivity contribution in [3.63, 3.8) is 0 Å². The van der Waals surface area contributed by atoms with Crippen molar-refractivity contribution in [3.8, 4) is 11.5 Å². The summed E-state index contributed by atoms with van der Waals surface area (Å²) in [6.07, 6.45) is 4.47. The second-order valence-electron chi connectivity index (χ2n) is 5.77. The molecule has 28 heavy (non-hydrogen) atoms. The number of aliphatic carboxylic acids is 1. The molecule has 0 atom stereocenters. The molecule has 1 rings (SSSR count). The fraction of sp³-hybridized carbons (Fsp3) is 0.421. The van der Waals surface area contributed by atoms with Gasteiger partial charge in [-0.25, -0.2) is 9.59 Å². The first-order valence-electron chi connectivity index (χ1n) is 8.75. The SMILES string of the molecule is CCCN(C/C=C\C(=O)NOC(=O)C(=O)O)CCc1cccc(OC)c1OC. The van der Waals surface area contributed by atoms with Gasteiger partial charge in [-0.05, 0) is 31.0 Å². The number of carboxylic acids is 1. The van der Waals surface area contributed by atoms with Crippen molar-refractivity contribution in [1.29, 1.82) is 0 Å². The van der Waals surface area contributed by atoms with Crippen LogP contribution in [0.3, 0.4) is 0 Å². The van der Waals surface area contributed by atoms with E-state index < -0.39 is 17.8 Å². The van der Waals surface area contributed by atoms with Crippen LogP contribution in [0.25, 0.3) is 0 Å². The van der Waals surface area contributed by atoms with Gasteiger partial charge in [0.25, 0.3) is 5.91 Å². The van der Waals surface area contributed by atoms with E-state index in [1.54, 1.807) is 25.8 Å². The molecule has 0 unspecified atom stereocenters. The summed E-state index contributed by atoms with van der Waals surface area (Å²) in [6.45, 7) is 4.12. The maximum Gasteiger partial charge on any atom is 0.441 e. The normalized spacial score (nSPS) is 10.7. The molecule has 1 aromatic rings. The molecule has 0 bridgehead atoms. The summed E-state index contributed by atoms with van der Waals surface area (Å²) in [5.74, 6) is -2.68. The minimum Gasteiger partial charge on any atom is -0.493 e. The second kappa shape index (κ2) is 12.3. The Labute approximate surface area is 163 Å². The molecule has 9 heteroatoms. The number of methoxy groups -OCH3 is 2. The van der Waals surface area contributed by atoms with Crippen LogP contribution >= 0.6 is 0 Å². The fourth-order valence-electron chi connectivity index (χ4n) is 2.52. The highest BCUT2D eigenvalue weighted by molar-refractivity contribution is 6.28. The Hall–Kier alpha value is -3.07. The molecule has 0 aromatic heterocycles. The highest BCUT2D eigenvalue weighted by Crippen LogP contribution is 2.30. The van der Waals surface area contributed by atoms with Gasteiger partial charge < -0.3 is 19.4 Å². The van der Waals surface area contributed by atoms with Crippen LogP contribution < -0.4 is 15.0 Å². The van der Waals surface area contributed by atoms with Crippen LogP contribution in [0.4, 0.5) is 0 Å². The standard InChI is InChI=1S/C19H26N2O7/c1-4-11-21(12-6-9-16(22)20-28-19(25)18(23)24)13-10-14-7-5-8-15(26-2)17(14)27-3/h5-9H,4,10-13H2,1-3H3,(H,20,22)(H,23,24)/b9-6-. The van der Waals surface area contributed by atoms with E-state index in [2.05, 4.69) is 16.7 Å². The highest BCUT2D eigenvalue weighted by atomic mass is 16.7. The predicted octanol–water partition coefficient (Wildman–Crippen LogP) is 1.17. The number of hydrogen-bond acceptors (Lipinski definition) is 7. The van der Waals surface area contributed by atoms with Gasteiger partial charge in [0.15, 0.2) is 11.5 Å². The van der Waals surface area contributed by atoms with Gasteiger partial charge in [-0.2, -0.15) is 5.48 Å². The molecule has 0 aliphatic carbocycles. The summed E-state index contributed by atoms with van der Waals surface area (Å²) in [5.41, 5.74) is 2.77. The summed E-state index contributed by atoms with van der Waals surface area (Å²) in [7, 11) is 3.19. The van der Waals surface area contributed by atoms with Crippen molar-refractivity contribution in [3.05, 3.63) is 35.9 Å². The van der Waals surface area contributed by atoms with Crippen LogP contribution in [0.2, 0.25) is 0 Å². The van der Waals surface area contributed by atoms with E-state index in [4.69, 9.17) is 14.6 Å². The lowest BCUT2D eigenvalue weighted by Gasteiger charge is -2.21. The van der Waals surface area contributed by atoms with E-state index in [-0.39, 0.29) is 0 Å². The Bertz CT molecular complexity index is 704. The first kappa shape index (κ1) is 23.0. The smallest absolute Gasteiger partial charge is 0.441 e. The molecule has 0 fully saturated rings. The van der Waals surface area contributed by atoms with Gasteiger partial charge in [0.05, 0.1) is 14.2 Å². The molecule has 2 N–H and O–H groups in total. The average Bonchev–Trinajstić information content (AvgIpc) is 2.69. The van der Waals surface area contributed by atoms with Crippen LogP contribution in [0, 0.1) is 0 Å².